The Hall–Kier alpha value is -1.09. The van der Waals surface area contributed by atoms with Gasteiger partial charge in [-0.2, -0.15) is 0 Å². The summed E-state index contributed by atoms with van der Waals surface area (Å²) in [6.07, 6.45) is 2.11. The minimum atomic E-state index is -0.0762. The van der Waals surface area contributed by atoms with E-state index in [1.165, 1.54) is 0 Å². The molecule has 15 heavy (non-hydrogen) atoms. The fourth-order valence-corrected chi connectivity index (χ4v) is 2.95. The fraction of sp³-hybridized carbons (Fsp3) is 0.500. The molecule has 0 amide bonds. The van der Waals surface area contributed by atoms with Gasteiger partial charge in [0.1, 0.15) is 5.82 Å². The Morgan fingerprint density at radius 1 is 1.47 bits per heavy atom. The van der Waals surface area contributed by atoms with Crippen LogP contribution >= 0.6 is 0 Å². The predicted octanol–water partition coefficient (Wildman–Crippen LogP) is 1.54. The summed E-state index contributed by atoms with van der Waals surface area (Å²) in [6.45, 7) is 1.64. The minimum absolute atomic E-state index is 0.0762. The molecule has 3 heteroatoms. The molecule has 0 aliphatic carbocycles. The third kappa shape index (κ3) is 1.26. The van der Waals surface area contributed by atoms with Gasteiger partial charge in [-0.1, -0.05) is 12.1 Å². The first kappa shape index (κ1) is 9.16. The molecule has 0 radical (unpaired) electrons. The van der Waals surface area contributed by atoms with Gasteiger partial charge in [0.2, 0.25) is 0 Å². The monoisotopic (exact) mass is 206 g/mol. The lowest BCUT2D eigenvalue weighted by Gasteiger charge is -2.19. The second-order valence-corrected chi connectivity index (χ2v) is 4.60. The van der Waals surface area contributed by atoms with E-state index in [1.807, 2.05) is 6.07 Å². The van der Waals surface area contributed by atoms with Gasteiger partial charge in [0.25, 0.3) is 0 Å². The summed E-state index contributed by atoms with van der Waals surface area (Å²) < 4.78 is 13.7. The third-order valence-corrected chi connectivity index (χ3v) is 3.65. The van der Waals surface area contributed by atoms with E-state index in [4.69, 9.17) is 5.73 Å². The van der Waals surface area contributed by atoms with Gasteiger partial charge in [0, 0.05) is 12.6 Å². The molecule has 2 aliphatic rings. The van der Waals surface area contributed by atoms with E-state index in [1.54, 1.807) is 12.1 Å². The molecule has 2 heterocycles. The lowest BCUT2D eigenvalue weighted by molar-refractivity contribution is 0.565. The Morgan fingerprint density at radius 2 is 2.33 bits per heavy atom. The number of hydrogen-bond acceptors (Lipinski definition) is 2. The molecular weight excluding hydrogens is 191 g/mol. The van der Waals surface area contributed by atoms with Crippen LogP contribution in [-0.4, -0.2) is 19.1 Å². The molecule has 2 N–H and O–H groups in total. The topological polar surface area (TPSA) is 29.3 Å². The first-order chi connectivity index (χ1) is 7.29. The molecule has 1 fully saturated rings. The van der Waals surface area contributed by atoms with E-state index in [9.17, 15) is 4.39 Å². The average Bonchev–Trinajstić information content (AvgIpc) is 2.73. The van der Waals surface area contributed by atoms with Crippen LogP contribution in [0.3, 0.4) is 0 Å². The highest BCUT2D eigenvalue weighted by Gasteiger charge is 2.38. The largest absolute Gasteiger partial charge is 0.365 e. The molecule has 2 unspecified atom stereocenters. The van der Waals surface area contributed by atoms with E-state index in [0.29, 0.717) is 12.0 Å². The van der Waals surface area contributed by atoms with E-state index in [0.717, 1.165) is 37.2 Å². The molecule has 0 bridgehead atoms. The Balaban J connectivity index is 1.98. The van der Waals surface area contributed by atoms with Crippen molar-refractivity contribution in [2.24, 2.45) is 11.7 Å². The summed E-state index contributed by atoms with van der Waals surface area (Å²) in [7, 11) is 0. The zero-order valence-corrected chi connectivity index (χ0v) is 8.62. The number of nitrogens with zero attached hydrogens (tertiary/aromatic N) is 1. The molecule has 2 aliphatic heterocycles. The zero-order chi connectivity index (χ0) is 10.4. The molecule has 2 atom stereocenters. The highest BCUT2D eigenvalue weighted by atomic mass is 19.1. The normalized spacial score (nSPS) is 28.0. The van der Waals surface area contributed by atoms with Crippen LogP contribution in [0.15, 0.2) is 18.2 Å². The van der Waals surface area contributed by atoms with Crippen LogP contribution in [-0.2, 0) is 6.42 Å². The summed E-state index contributed by atoms with van der Waals surface area (Å²) in [6, 6.07) is 5.88. The molecule has 1 aromatic rings. The van der Waals surface area contributed by atoms with Crippen molar-refractivity contribution < 1.29 is 4.39 Å². The van der Waals surface area contributed by atoms with Crippen LogP contribution in [0.2, 0.25) is 0 Å². The Morgan fingerprint density at radius 3 is 3.13 bits per heavy atom. The number of fused-ring (bicyclic) bond motifs is 3. The van der Waals surface area contributed by atoms with Gasteiger partial charge < -0.3 is 10.6 Å². The molecule has 0 saturated carbocycles. The van der Waals surface area contributed by atoms with Crippen LogP contribution in [0.25, 0.3) is 0 Å². The van der Waals surface area contributed by atoms with Crippen LogP contribution in [0, 0.1) is 11.7 Å². The summed E-state index contributed by atoms with van der Waals surface area (Å²) in [5.74, 6) is 0.468. The fourth-order valence-electron chi connectivity index (χ4n) is 2.95. The lowest BCUT2D eigenvalue weighted by atomic mass is 10.0. The first-order valence-electron chi connectivity index (χ1n) is 5.53. The zero-order valence-electron chi connectivity index (χ0n) is 8.62. The standard InChI is InChI=1S/C12H15FN2/c13-11-3-1-2-9-5-10-4-8(6-14)7-15(10)12(9)11/h1-3,8,10H,4-7,14H2. The maximum absolute atomic E-state index is 13.7. The van der Waals surface area contributed by atoms with E-state index >= 15 is 0 Å². The van der Waals surface area contributed by atoms with Crippen molar-refractivity contribution in [3.8, 4) is 0 Å². The van der Waals surface area contributed by atoms with Gasteiger partial charge in [-0.3, -0.25) is 0 Å². The number of benzene rings is 1. The Bertz CT molecular complexity index is 391. The average molecular weight is 206 g/mol. The summed E-state index contributed by atoms with van der Waals surface area (Å²) >= 11 is 0. The van der Waals surface area contributed by atoms with Crippen molar-refractivity contribution in [3.05, 3.63) is 29.6 Å². The van der Waals surface area contributed by atoms with Gasteiger partial charge in [0.05, 0.1) is 5.69 Å². The smallest absolute Gasteiger partial charge is 0.146 e. The van der Waals surface area contributed by atoms with Crippen molar-refractivity contribution in [2.75, 3.05) is 18.0 Å². The van der Waals surface area contributed by atoms with Gasteiger partial charge >= 0.3 is 0 Å². The number of halogens is 1. The van der Waals surface area contributed by atoms with E-state index in [-0.39, 0.29) is 5.82 Å². The SMILES string of the molecule is NCC1CC2Cc3cccc(F)c3N2C1. The maximum atomic E-state index is 13.7. The number of hydrogen-bond donors (Lipinski definition) is 1. The van der Waals surface area contributed by atoms with Gasteiger partial charge in [0.15, 0.2) is 0 Å². The van der Waals surface area contributed by atoms with Crippen LogP contribution in [0.4, 0.5) is 10.1 Å². The van der Waals surface area contributed by atoms with E-state index < -0.39 is 0 Å². The van der Waals surface area contributed by atoms with Crippen LogP contribution in [0.5, 0.6) is 0 Å². The summed E-state index contributed by atoms with van der Waals surface area (Å²) in [5, 5.41) is 0. The Kier molecular flexibility index (Phi) is 1.96. The molecule has 0 spiro atoms. The molecule has 2 nitrogen and oxygen atoms in total. The molecule has 1 saturated heterocycles. The quantitative estimate of drug-likeness (QED) is 0.755. The third-order valence-electron chi connectivity index (χ3n) is 3.65. The molecule has 0 aromatic heterocycles. The van der Waals surface area contributed by atoms with Crippen LogP contribution < -0.4 is 10.6 Å². The second kappa shape index (κ2) is 3.20. The predicted molar refractivity (Wildman–Crippen MR) is 58.4 cm³/mol. The summed E-state index contributed by atoms with van der Waals surface area (Å²) in [5.41, 5.74) is 7.67. The first-order valence-corrected chi connectivity index (χ1v) is 5.53. The minimum Gasteiger partial charge on any atom is -0.365 e. The van der Waals surface area contributed by atoms with E-state index in [2.05, 4.69) is 4.90 Å². The van der Waals surface area contributed by atoms with Gasteiger partial charge in [-0.25, -0.2) is 4.39 Å². The van der Waals surface area contributed by atoms with Crippen LogP contribution in [0.1, 0.15) is 12.0 Å². The Labute approximate surface area is 88.9 Å². The van der Waals surface area contributed by atoms with Crippen molar-refractivity contribution in [1.29, 1.82) is 0 Å². The molecular formula is C12H15FN2. The van der Waals surface area contributed by atoms with Crippen molar-refractivity contribution in [2.45, 2.75) is 18.9 Å². The maximum Gasteiger partial charge on any atom is 0.146 e. The highest BCUT2D eigenvalue weighted by Crippen LogP contribution is 2.40. The van der Waals surface area contributed by atoms with Gasteiger partial charge in [-0.15, -0.1) is 0 Å². The molecule has 3 rings (SSSR count). The number of nitrogens with two attached hydrogens (primary N) is 1. The van der Waals surface area contributed by atoms with Crippen molar-refractivity contribution in [3.63, 3.8) is 0 Å². The van der Waals surface area contributed by atoms with Crippen molar-refractivity contribution >= 4 is 5.69 Å². The highest BCUT2D eigenvalue weighted by molar-refractivity contribution is 5.61. The molecule has 80 valence electrons. The number of rotatable bonds is 1. The lowest BCUT2D eigenvalue weighted by Crippen LogP contribution is -2.26. The second-order valence-electron chi connectivity index (χ2n) is 4.60. The van der Waals surface area contributed by atoms with Gasteiger partial charge in [-0.05, 0) is 36.9 Å². The number of para-hydroxylation sites is 1. The van der Waals surface area contributed by atoms with Crippen molar-refractivity contribution in [1.82, 2.24) is 0 Å². The number of anilines is 1. The molecule has 1 aromatic carbocycles. The summed E-state index contributed by atoms with van der Waals surface area (Å²) in [4.78, 5) is 2.21.